The van der Waals surface area contributed by atoms with Crippen LogP contribution in [0.4, 0.5) is 10.7 Å². The Kier molecular flexibility index (Phi) is 4.99. The number of rotatable bonds is 7. The summed E-state index contributed by atoms with van der Waals surface area (Å²) in [6, 6.07) is 0.535. The van der Waals surface area contributed by atoms with Crippen molar-refractivity contribution in [1.29, 1.82) is 0 Å². The van der Waals surface area contributed by atoms with E-state index in [4.69, 9.17) is 5.73 Å². The van der Waals surface area contributed by atoms with E-state index in [0.717, 1.165) is 15.8 Å². The van der Waals surface area contributed by atoms with Crippen molar-refractivity contribution in [2.75, 3.05) is 23.9 Å². The van der Waals surface area contributed by atoms with Crippen LogP contribution in [0.1, 0.15) is 29.4 Å². The summed E-state index contributed by atoms with van der Waals surface area (Å²) in [6.45, 7) is 6.25. The van der Waals surface area contributed by atoms with Gasteiger partial charge in [-0.25, -0.2) is 0 Å². The lowest BCUT2D eigenvalue weighted by atomic mass is 10.3. The maximum atomic E-state index is 12.1. The Morgan fingerprint density at radius 1 is 1.65 bits per heavy atom. The monoisotopic (exact) mass is 311 g/mol. The number of hydrogen-bond donors (Lipinski definition) is 3. The number of nitrogens with one attached hydrogen (secondary N) is 2. The SMILES string of the molecule is C=CCNC(=O)c1sc(NC2CC2CC)c(SC)c1N. The fourth-order valence-electron chi connectivity index (χ4n) is 2.18. The van der Waals surface area contributed by atoms with E-state index < -0.39 is 0 Å². The van der Waals surface area contributed by atoms with E-state index in [0.29, 0.717) is 23.2 Å². The van der Waals surface area contributed by atoms with Crippen LogP contribution in [0.3, 0.4) is 0 Å². The smallest absolute Gasteiger partial charge is 0.263 e. The van der Waals surface area contributed by atoms with Gasteiger partial charge in [0.2, 0.25) is 0 Å². The first kappa shape index (κ1) is 15.3. The molecule has 2 unspecified atom stereocenters. The van der Waals surface area contributed by atoms with E-state index in [-0.39, 0.29) is 5.91 Å². The van der Waals surface area contributed by atoms with Crippen molar-refractivity contribution in [3.8, 4) is 0 Å². The lowest BCUT2D eigenvalue weighted by molar-refractivity contribution is 0.0963. The third kappa shape index (κ3) is 3.12. The highest BCUT2D eigenvalue weighted by Gasteiger charge is 2.36. The fraction of sp³-hybridized carbons (Fsp3) is 0.500. The van der Waals surface area contributed by atoms with Gasteiger partial charge in [-0.05, 0) is 18.6 Å². The van der Waals surface area contributed by atoms with Gasteiger partial charge < -0.3 is 16.4 Å². The van der Waals surface area contributed by atoms with Crippen molar-refractivity contribution in [2.45, 2.75) is 30.7 Å². The summed E-state index contributed by atoms with van der Waals surface area (Å²) in [7, 11) is 0. The summed E-state index contributed by atoms with van der Waals surface area (Å²) >= 11 is 3.03. The maximum absolute atomic E-state index is 12.1. The minimum atomic E-state index is -0.126. The number of thiophene rings is 1. The third-order valence-electron chi connectivity index (χ3n) is 3.48. The molecule has 0 radical (unpaired) electrons. The molecule has 0 saturated heterocycles. The number of carbonyl (C=O) groups is 1. The molecule has 2 rings (SSSR count). The number of nitrogens with two attached hydrogens (primary N) is 1. The topological polar surface area (TPSA) is 67.2 Å². The lowest BCUT2D eigenvalue weighted by Crippen LogP contribution is -2.23. The van der Waals surface area contributed by atoms with Gasteiger partial charge in [0.1, 0.15) is 9.88 Å². The Bertz CT molecular complexity index is 513. The van der Waals surface area contributed by atoms with Gasteiger partial charge in [-0.3, -0.25) is 4.79 Å². The van der Waals surface area contributed by atoms with Crippen LogP contribution in [0.15, 0.2) is 17.6 Å². The molecule has 1 aliphatic carbocycles. The fourth-order valence-corrected chi connectivity index (χ4v) is 4.18. The molecule has 1 aliphatic rings. The number of thioether (sulfide) groups is 1. The van der Waals surface area contributed by atoms with E-state index in [1.165, 1.54) is 24.2 Å². The summed E-state index contributed by atoms with van der Waals surface area (Å²) in [5.41, 5.74) is 6.70. The van der Waals surface area contributed by atoms with Crippen LogP contribution in [0.5, 0.6) is 0 Å². The van der Waals surface area contributed by atoms with Gasteiger partial charge in [0.15, 0.2) is 0 Å². The summed E-state index contributed by atoms with van der Waals surface area (Å²) in [6.07, 6.45) is 6.05. The molecule has 2 atom stereocenters. The highest BCUT2D eigenvalue weighted by molar-refractivity contribution is 7.99. The average molecular weight is 311 g/mol. The number of hydrogen-bond acceptors (Lipinski definition) is 5. The largest absolute Gasteiger partial charge is 0.396 e. The summed E-state index contributed by atoms with van der Waals surface area (Å²) in [4.78, 5) is 13.6. The van der Waals surface area contributed by atoms with Crippen molar-refractivity contribution in [1.82, 2.24) is 5.32 Å². The van der Waals surface area contributed by atoms with Crippen LogP contribution in [0.2, 0.25) is 0 Å². The Morgan fingerprint density at radius 3 is 2.95 bits per heavy atom. The van der Waals surface area contributed by atoms with Gasteiger partial charge in [0, 0.05) is 12.6 Å². The van der Waals surface area contributed by atoms with Crippen LogP contribution in [-0.2, 0) is 0 Å². The molecule has 0 aliphatic heterocycles. The molecule has 1 saturated carbocycles. The van der Waals surface area contributed by atoms with E-state index in [1.54, 1.807) is 17.8 Å². The van der Waals surface area contributed by atoms with Crippen molar-refractivity contribution in [3.05, 3.63) is 17.5 Å². The molecule has 1 fully saturated rings. The molecule has 1 aromatic rings. The zero-order valence-electron chi connectivity index (χ0n) is 11.9. The molecule has 6 heteroatoms. The molecular weight excluding hydrogens is 290 g/mol. The quantitative estimate of drug-likeness (QED) is 0.534. The molecule has 4 nitrogen and oxygen atoms in total. The molecule has 0 spiro atoms. The van der Waals surface area contributed by atoms with Crippen LogP contribution >= 0.6 is 23.1 Å². The highest BCUT2D eigenvalue weighted by Crippen LogP contribution is 2.45. The molecular formula is C14H21N3OS2. The number of nitrogen functional groups attached to an aromatic ring is 1. The molecule has 20 heavy (non-hydrogen) atoms. The first-order valence-corrected chi connectivity index (χ1v) is 8.78. The minimum Gasteiger partial charge on any atom is -0.396 e. The third-order valence-corrected chi connectivity index (χ3v) is 5.58. The average Bonchev–Trinajstić information content (AvgIpc) is 3.12. The first-order chi connectivity index (χ1) is 9.62. The first-order valence-electron chi connectivity index (χ1n) is 6.74. The maximum Gasteiger partial charge on any atom is 0.263 e. The standard InChI is InChI=1S/C14H21N3OS2/c1-4-6-16-13(18)11-10(15)12(19-3)14(20-11)17-9-7-8(9)5-2/h4,8-9,17H,1,5-7,15H2,2-3H3,(H,16,18). The number of carbonyl (C=O) groups excluding carboxylic acids is 1. The minimum absolute atomic E-state index is 0.126. The van der Waals surface area contributed by atoms with Gasteiger partial charge >= 0.3 is 0 Å². The zero-order chi connectivity index (χ0) is 14.7. The molecule has 0 bridgehead atoms. The Labute approximate surface area is 128 Å². The summed E-state index contributed by atoms with van der Waals surface area (Å²) < 4.78 is 0. The molecule has 1 amide bonds. The Hall–Kier alpha value is -1.14. The lowest BCUT2D eigenvalue weighted by Gasteiger charge is -2.04. The second-order valence-corrected chi connectivity index (χ2v) is 6.70. The molecule has 1 heterocycles. The zero-order valence-corrected chi connectivity index (χ0v) is 13.5. The molecule has 0 aromatic carbocycles. The second kappa shape index (κ2) is 6.54. The predicted octanol–water partition coefficient (Wildman–Crippen LogP) is 3.18. The van der Waals surface area contributed by atoms with Crippen molar-refractivity contribution in [2.24, 2.45) is 5.92 Å². The molecule has 4 N–H and O–H groups in total. The van der Waals surface area contributed by atoms with E-state index in [2.05, 4.69) is 24.1 Å². The van der Waals surface area contributed by atoms with Crippen molar-refractivity contribution < 1.29 is 4.79 Å². The van der Waals surface area contributed by atoms with Gasteiger partial charge in [-0.15, -0.1) is 29.7 Å². The van der Waals surface area contributed by atoms with E-state index in [9.17, 15) is 4.79 Å². The van der Waals surface area contributed by atoms with Gasteiger partial charge in [-0.2, -0.15) is 0 Å². The van der Waals surface area contributed by atoms with E-state index >= 15 is 0 Å². The molecule has 1 aromatic heterocycles. The van der Waals surface area contributed by atoms with Gasteiger partial charge in [-0.1, -0.05) is 19.4 Å². The summed E-state index contributed by atoms with van der Waals surface area (Å²) in [5, 5.41) is 7.33. The Balaban J connectivity index is 2.15. The summed E-state index contributed by atoms with van der Waals surface area (Å²) in [5.74, 6) is 0.629. The van der Waals surface area contributed by atoms with Crippen LogP contribution in [0, 0.1) is 5.92 Å². The number of anilines is 2. The van der Waals surface area contributed by atoms with Gasteiger partial charge in [0.05, 0.1) is 10.6 Å². The van der Waals surface area contributed by atoms with Crippen molar-refractivity contribution in [3.63, 3.8) is 0 Å². The van der Waals surface area contributed by atoms with E-state index in [1.807, 2.05) is 6.26 Å². The van der Waals surface area contributed by atoms with Gasteiger partial charge in [0.25, 0.3) is 5.91 Å². The van der Waals surface area contributed by atoms with Crippen LogP contribution in [0.25, 0.3) is 0 Å². The predicted molar refractivity (Wildman–Crippen MR) is 88.9 cm³/mol. The second-order valence-electron chi connectivity index (χ2n) is 4.86. The Morgan fingerprint density at radius 2 is 2.40 bits per heavy atom. The molecule has 110 valence electrons. The van der Waals surface area contributed by atoms with Crippen LogP contribution < -0.4 is 16.4 Å². The highest BCUT2D eigenvalue weighted by atomic mass is 32.2. The normalized spacial score (nSPS) is 20.5. The van der Waals surface area contributed by atoms with Crippen molar-refractivity contribution >= 4 is 39.7 Å². The van der Waals surface area contributed by atoms with Crippen LogP contribution in [-0.4, -0.2) is 24.7 Å². The number of amides is 1.